The molecule has 0 spiro atoms. The Bertz CT molecular complexity index is 1460. The van der Waals surface area contributed by atoms with E-state index in [4.69, 9.17) is 4.74 Å². The summed E-state index contributed by atoms with van der Waals surface area (Å²) in [6.07, 6.45) is 20.4. The van der Waals surface area contributed by atoms with Gasteiger partial charge in [0.2, 0.25) is 5.75 Å². The van der Waals surface area contributed by atoms with Crippen LogP contribution in [0.5, 0.6) is 28.7 Å². The number of hydrogen-bond donors (Lipinski definition) is 3. The average Bonchev–Trinajstić information content (AvgIpc) is 2.99. The van der Waals surface area contributed by atoms with E-state index >= 15 is 0 Å². The zero-order chi connectivity index (χ0) is 34.5. The summed E-state index contributed by atoms with van der Waals surface area (Å²) in [5, 5.41) is 32.4. The molecule has 0 aromatic heterocycles. The van der Waals surface area contributed by atoms with Crippen LogP contribution in [-0.4, -0.2) is 15.3 Å². The molecule has 0 fully saturated rings. The van der Waals surface area contributed by atoms with E-state index in [0.717, 1.165) is 62.5 Å². The van der Waals surface area contributed by atoms with Crippen molar-refractivity contribution in [3.05, 3.63) is 113 Å². The van der Waals surface area contributed by atoms with Gasteiger partial charge in [-0.3, -0.25) is 0 Å². The number of allylic oxidation sites excluding steroid dienone is 10. The molecule has 4 nitrogen and oxygen atoms in total. The van der Waals surface area contributed by atoms with Crippen molar-refractivity contribution in [1.82, 2.24) is 0 Å². The monoisotopic (exact) mass is 626 g/mol. The minimum atomic E-state index is -0.476. The molecule has 0 unspecified atom stereocenters. The highest BCUT2D eigenvalue weighted by atomic mass is 16.5. The van der Waals surface area contributed by atoms with Crippen LogP contribution in [-0.2, 0) is 10.8 Å². The normalized spacial score (nSPS) is 14.5. The van der Waals surface area contributed by atoms with Gasteiger partial charge in [-0.25, -0.2) is 0 Å². The second-order valence-electron chi connectivity index (χ2n) is 13.7. The molecular weight excluding hydrogens is 568 g/mol. The number of aromatic hydroxyl groups is 3. The minimum Gasteiger partial charge on any atom is -0.504 e. The number of hydrogen-bond acceptors (Lipinski definition) is 4. The second kappa shape index (κ2) is 17.7. The maximum atomic E-state index is 11.0. The molecule has 0 heterocycles. The molecule has 2 rings (SSSR count). The molecule has 0 aliphatic heterocycles. The van der Waals surface area contributed by atoms with E-state index < -0.39 is 5.41 Å². The molecule has 3 N–H and O–H groups in total. The Morgan fingerprint density at radius 2 is 1.11 bits per heavy atom. The van der Waals surface area contributed by atoms with Crippen molar-refractivity contribution in [2.45, 2.75) is 118 Å². The van der Waals surface area contributed by atoms with E-state index in [-0.39, 0.29) is 34.2 Å². The smallest absolute Gasteiger partial charge is 0.201 e. The van der Waals surface area contributed by atoms with Crippen molar-refractivity contribution in [3.63, 3.8) is 0 Å². The Morgan fingerprint density at radius 1 is 0.630 bits per heavy atom. The van der Waals surface area contributed by atoms with Gasteiger partial charge in [-0.15, -0.1) is 13.2 Å². The number of ether oxygens (including phenoxy) is 1. The molecule has 2 atom stereocenters. The highest BCUT2D eigenvalue weighted by Crippen LogP contribution is 2.45. The lowest BCUT2D eigenvalue weighted by Crippen LogP contribution is -2.18. The lowest BCUT2D eigenvalue weighted by atomic mass is 9.78. The average molecular weight is 627 g/mol. The van der Waals surface area contributed by atoms with Gasteiger partial charge in [0.15, 0.2) is 23.0 Å². The summed E-state index contributed by atoms with van der Waals surface area (Å²) in [6, 6.07) is 8.60. The largest absolute Gasteiger partial charge is 0.504 e. The van der Waals surface area contributed by atoms with Crippen LogP contribution in [0.2, 0.25) is 0 Å². The fourth-order valence-corrected chi connectivity index (χ4v) is 5.42. The first-order valence-electron chi connectivity index (χ1n) is 16.6. The van der Waals surface area contributed by atoms with Gasteiger partial charge < -0.3 is 20.1 Å². The predicted molar refractivity (Wildman–Crippen MR) is 196 cm³/mol. The van der Waals surface area contributed by atoms with Gasteiger partial charge in [-0.2, -0.15) is 0 Å². The van der Waals surface area contributed by atoms with Gasteiger partial charge in [-0.1, -0.05) is 78.7 Å². The van der Waals surface area contributed by atoms with Crippen LogP contribution in [0.25, 0.3) is 0 Å². The quantitative estimate of drug-likeness (QED) is 0.114. The van der Waals surface area contributed by atoms with Crippen molar-refractivity contribution in [1.29, 1.82) is 0 Å². The third-order valence-corrected chi connectivity index (χ3v) is 8.95. The Kier molecular flexibility index (Phi) is 14.7. The van der Waals surface area contributed by atoms with E-state index in [1.807, 2.05) is 18.2 Å². The second-order valence-corrected chi connectivity index (χ2v) is 13.7. The summed E-state index contributed by atoms with van der Waals surface area (Å²) in [5.74, 6) is -0.458. The van der Waals surface area contributed by atoms with Gasteiger partial charge in [0.1, 0.15) is 0 Å². The van der Waals surface area contributed by atoms with E-state index in [1.165, 1.54) is 22.3 Å². The predicted octanol–water partition coefficient (Wildman–Crippen LogP) is 12.4. The zero-order valence-electron chi connectivity index (χ0n) is 29.7. The molecule has 0 radical (unpaired) electrons. The summed E-state index contributed by atoms with van der Waals surface area (Å²) in [5.41, 5.74) is 6.25. The molecule has 0 aliphatic rings. The Morgan fingerprint density at radius 3 is 1.57 bits per heavy atom. The highest BCUT2D eigenvalue weighted by molar-refractivity contribution is 5.57. The Balaban J connectivity index is 2.23. The number of rotatable bonds is 18. The maximum Gasteiger partial charge on any atom is 0.201 e. The lowest BCUT2D eigenvalue weighted by molar-refractivity contribution is 0.359. The third-order valence-electron chi connectivity index (χ3n) is 8.95. The van der Waals surface area contributed by atoms with Crippen LogP contribution in [0.4, 0.5) is 0 Å². The fraction of sp³-hybridized carbons (Fsp3) is 0.429. The molecule has 0 aliphatic carbocycles. The molecule has 2 aromatic carbocycles. The molecule has 46 heavy (non-hydrogen) atoms. The zero-order valence-corrected chi connectivity index (χ0v) is 29.7. The molecule has 0 amide bonds. The van der Waals surface area contributed by atoms with Crippen LogP contribution in [0.15, 0.2) is 102 Å². The summed E-state index contributed by atoms with van der Waals surface area (Å²) in [4.78, 5) is 0. The van der Waals surface area contributed by atoms with Gasteiger partial charge >= 0.3 is 0 Å². The fourth-order valence-electron chi connectivity index (χ4n) is 5.42. The van der Waals surface area contributed by atoms with Crippen molar-refractivity contribution in [2.24, 2.45) is 0 Å². The lowest BCUT2D eigenvalue weighted by Gasteiger charge is -2.28. The van der Waals surface area contributed by atoms with E-state index in [1.54, 1.807) is 24.3 Å². The number of phenolic OH excluding ortho intramolecular Hbond substituents is 3. The maximum absolute atomic E-state index is 11.0. The van der Waals surface area contributed by atoms with Crippen LogP contribution >= 0.6 is 0 Å². The highest BCUT2D eigenvalue weighted by Gasteiger charge is 2.27. The van der Waals surface area contributed by atoms with Crippen molar-refractivity contribution < 1.29 is 20.1 Å². The molecule has 4 heteroatoms. The topological polar surface area (TPSA) is 69.9 Å². The van der Waals surface area contributed by atoms with Gasteiger partial charge in [-0.05, 0) is 128 Å². The van der Waals surface area contributed by atoms with Crippen LogP contribution in [0.3, 0.4) is 0 Å². The van der Waals surface area contributed by atoms with E-state index in [9.17, 15) is 15.3 Å². The number of phenols is 3. The first-order chi connectivity index (χ1) is 21.6. The summed E-state index contributed by atoms with van der Waals surface area (Å²) in [6.45, 7) is 25.2. The van der Waals surface area contributed by atoms with E-state index in [2.05, 4.69) is 92.9 Å². The van der Waals surface area contributed by atoms with Crippen molar-refractivity contribution in [2.75, 3.05) is 0 Å². The summed E-state index contributed by atoms with van der Waals surface area (Å²) >= 11 is 0. The van der Waals surface area contributed by atoms with Gasteiger partial charge in [0, 0.05) is 10.8 Å². The Hall–Kier alpha value is -3.92. The summed E-state index contributed by atoms with van der Waals surface area (Å²) in [7, 11) is 0. The number of benzene rings is 2. The minimum absolute atomic E-state index is 0.0523. The SMILES string of the molecule is C=C[C@@](C)(CCC=C(C)CCC=C(C)C)c1ccc(Oc2cc([C@](C)(C=C)CCC=C(C)CCC=C(C)C)cc(O)c2O)c(O)c1. The van der Waals surface area contributed by atoms with Gasteiger partial charge in [0.25, 0.3) is 0 Å². The summed E-state index contributed by atoms with van der Waals surface area (Å²) < 4.78 is 6.02. The van der Waals surface area contributed by atoms with Crippen LogP contribution in [0.1, 0.15) is 118 Å². The molecule has 0 bridgehead atoms. The van der Waals surface area contributed by atoms with Crippen molar-refractivity contribution >= 4 is 0 Å². The Labute approximate surface area is 279 Å². The van der Waals surface area contributed by atoms with Gasteiger partial charge in [0.05, 0.1) is 0 Å². The third kappa shape index (κ3) is 11.5. The molecule has 0 saturated heterocycles. The van der Waals surface area contributed by atoms with Crippen LogP contribution < -0.4 is 4.74 Å². The molecule has 250 valence electrons. The van der Waals surface area contributed by atoms with Crippen molar-refractivity contribution in [3.8, 4) is 28.7 Å². The molecule has 2 aromatic rings. The van der Waals surface area contributed by atoms with Crippen LogP contribution in [0, 0.1) is 0 Å². The van der Waals surface area contributed by atoms with E-state index in [0.29, 0.717) is 0 Å². The first kappa shape index (κ1) is 38.3. The molecule has 0 saturated carbocycles. The first-order valence-corrected chi connectivity index (χ1v) is 16.6. The molecular formula is C42H58O4. The standard InChI is InChI=1S/C42H58O4/c1-11-41(9,25-15-21-32(7)19-13-17-30(3)4)34-23-24-38(36(43)27-34)46-39-29-35(28-37(44)40(39)45)42(10,12-2)26-16-22-33(8)20-14-18-31(5)6/h11-12,17-18,21-24,27-29,43-45H,1-2,13-16,19-20,25-26H2,3-10H3/t41-,42+/m0/s1.